The molecule has 2 aliphatic rings. The Morgan fingerprint density at radius 1 is 1.07 bits per heavy atom. The van der Waals surface area contributed by atoms with Gasteiger partial charge in [-0.2, -0.15) is 0 Å². The van der Waals surface area contributed by atoms with Crippen LogP contribution in [0, 0.1) is 25.6 Å². The Kier molecular flexibility index (Phi) is 8.71. The molecule has 0 bridgehead atoms. The van der Waals surface area contributed by atoms with Gasteiger partial charge in [0, 0.05) is 12.0 Å². The van der Waals surface area contributed by atoms with Crippen molar-refractivity contribution in [2.75, 3.05) is 25.2 Å². The highest BCUT2D eigenvalue weighted by Crippen LogP contribution is 2.49. The Hall–Kier alpha value is -3.03. The van der Waals surface area contributed by atoms with Crippen LogP contribution < -0.4 is 9.47 Å². The summed E-state index contributed by atoms with van der Waals surface area (Å²) in [6.07, 6.45) is 4.34. The van der Waals surface area contributed by atoms with Crippen LogP contribution in [0.1, 0.15) is 66.0 Å². The number of hydrogen-bond donors (Lipinski definition) is 0. The summed E-state index contributed by atoms with van der Waals surface area (Å²) in [5, 5.41) is 0. The van der Waals surface area contributed by atoms with Gasteiger partial charge in [0.2, 0.25) is 0 Å². The molecule has 212 valence electrons. The highest BCUT2D eigenvalue weighted by atomic mass is 32.2. The molecule has 0 spiro atoms. The minimum atomic E-state index is -0.820. The molecule has 0 N–H and O–H groups in total. The highest BCUT2D eigenvalue weighted by Gasteiger charge is 2.45. The van der Waals surface area contributed by atoms with E-state index in [0.29, 0.717) is 36.7 Å². The van der Waals surface area contributed by atoms with Crippen LogP contribution in [0.3, 0.4) is 0 Å². The molecule has 40 heavy (non-hydrogen) atoms. The van der Waals surface area contributed by atoms with Gasteiger partial charge in [-0.1, -0.05) is 29.4 Å². The van der Waals surface area contributed by atoms with Gasteiger partial charge in [0.25, 0.3) is 0 Å². The second-order valence-electron chi connectivity index (χ2n) is 10.8. The zero-order valence-electron chi connectivity index (χ0n) is 23.6. The lowest BCUT2D eigenvalue weighted by molar-refractivity contribution is -0.144. The molecule has 4 atom stereocenters. The van der Waals surface area contributed by atoms with E-state index in [-0.39, 0.29) is 29.7 Å². The first-order chi connectivity index (χ1) is 19.3. The van der Waals surface area contributed by atoms with Crippen molar-refractivity contribution in [3.8, 4) is 22.6 Å². The van der Waals surface area contributed by atoms with Gasteiger partial charge in [-0.05, 0) is 110 Å². The van der Waals surface area contributed by atoms with Crippen LogP contribution >= 0.6 is 0 Å². The van der Waals surface area contributed by atoms with Gasteiger partial charge in [0.1, 0.15) is 29.2 Å². The van der Waals surface area contributed by atoms with Gasteiger partial charge >= 0.3 is 5.97 Å². The molecule has 5 rings (SSSR count). The van der Waals surface area contributed by atoms with Gasteiger partial charge in [-0.25, -0.2) is 4.39 Å². The number of hydrogen-bond acceptors (Lipinski definition) is 5. The maximum Gasteiger partial charge on any atom is 0.309 e. The van der Waals surface area contributed by atoms with E-state index in [1.807, 2.05) is 49.4 Å². The lowest BCUT2D eigenvalue weighted by Crippen LogP contribution is -2.08. The predicted octanol–water partition coefficient (Wildman–Crippen LogP) is 6.99. The number of aryl methyl sites for hydroxylation is 2. The Labute approximate surface area is 239 Å². The van der Waals surface area contributed by atoms with Crippen molar-refractivity contribution in [2.45, 2.75) is 58.5 Å². The summed E-state index contributed by atoms with van der Waals surface area (Å²) < 4.78 is 43.9. The third kappa shape index (κ3) is 6.16. The van der Waals surface area contributed by atoms with E-state index in [9.17, 15) is 9.35 Å². The Balaban J connectivity index is 1.31. The van der Waals surface area contributed by atoms with Crippen LogP contribution in [0.2, 0.25) is 0 Å². The molecule has 0 aliphatic heterocycles. The molecule has 0 heterocycles. The predicted molar refractivity (Wildman–Crippen MR) is 156 cm³/mol. The number of fused-ring (bicyclic) bond motifs is 1. The highest BCUT2D eigenvalue weighted by molar-refractivity contribution is 7.90. The van der Waals surface area contributed by atoms with Gasteiger partial charge in [-0.3, -0.25) is 4.79 Å². The second-order valence-corrected chi connectivity index (χ2v) is 12.4. The van der Waals surface area contributed by atoms with Crippen LogP contribution in [0.4, 0.5) is 4.39 Å². The number of benzene rings is 3. The van der Waals surface area contributed by atoms with Gasteiger partial charge in [0.05, 0.1) is 25.4 Å². The quantitative estimate of drug-likeness (QED) is 0.143. The van der Waals surface area contributed by atoms with Gasteiger partial charge in [0.15, 0.2) is 0 Å². The molecule has 0 aromatic heterocycles. The largest absolute Gasteiger partial charge is 0.617 e. The van der Waals surface area contributed by atoms with E-state index in [1.54, 1.807) is 12.3 Å². The first-order valence-electron chi connectivity index (χ1n) is 14.1. The number of rotatable bonds is 11. The molecule has 2 aliphatic carbocycles. The standard InChI is InChI=1S/C33H37FO5S/c1-5-37-33(35)28-19-27(28)22-7-9-23(10-8-22)39-30-14-12-26-25(11-13-29(34)32(26)30)31-20(2)17-24(18-21(31)3)38-15-6-16-40(4)36/h7-11,13,17-18,27-28,30H,5-6,12,14-16,19H2,1-4H3. The fourth-order valence-corrected chi connectivity index (χ4v) is 6.46. The number of ether oxygens (including phenoxy) is 3. The number of esters is 1. The number of halogens is 1. The van der Waals surface area contributed by atoms with Crippen molar-refractivity contribution in [3.05, 3.63) is 82.2 Å². The van der Waals surface area contributed by atoms with Crippen molar-refractivity contribution in [1.29, 1.82) is 0 Å². The monoisotopic (exact) mass is 564 g/mol. The fraction of sp³-hybridized carbons (Fsp3) is 0.424. The molecular formula is C33H37FO5S. The molecule has 0 radical (unpaired) electrons. The van der Waals surface area contributed by atoms with Gasteiger partial charge < -0.3 is 18.8 Å². The summed E-state index contributed by atoms with van der Waals surface area (Å²) in [4.78, 5) is 12.0. The van der Waals surface area contributed by atoms with Crippen LogP contribution in [0.15, 0.2) is 48.5 Å². The topological polar surface area (TPSA) is 67.8 Å². The lowest BCUT2D eigenvalue weighted by atomic mass is 9.90. The number of carbonyl (C=O) groups is 1. The minimum absolute atomic E-state index is 0.0542. The molecule has 1 saturated carbocycles. The Bertz CT molecular complexity index is 1350. The SMILES string of the molecule is CCOC(=O)C1CC1c1ccc(OC2CCc3c(-c4c(C)cc(OCCC[S+](C)[O-])cc4C)ccc(F)c32)cc1. The smallest absolute Gasteiger partial charge is 0.309 e. The maximum atomic E-state index is 15.2. The fourth-order valence-electron chi connectivity index (χ4n) is 5.94. The molecule has 4 unspecified atom stereocenters. The first kappa shape index (κ1) is 28.5. The summed E-state index contributed by atoms with van der Waals surface area (Å²) >= 11 is -0.820. The molecular weight excluding hydrogens is 527 g/mol. The van der Waals surface area contributed by atoms with E-state index in [4.69, 9.17) is 14.2 Å². The summed E-state index contributed by atoms with van der Waals surface area (Å²) in [6.45, 7) is 6.87. The second kappa shape index (κ2) is 12.2. The first-order valence-corrected chi connectivity index (χ1v) is 15.8. The van der Waals surface area contributed by atoms with Crippen molar-refractivity contribution in [1.82, 2.24) is 0 Å². The lowest BCUT2D eigenvalue weighted by Gasteiger charge is -2.19. The van der Waals surface area contributed by atoms with E-state index < -0.39 is 11.2 Å². The van der Waals surface area contributed by atoms with Crippen molar-refractivity contribution in [3.63, 3.8) is 0 Å². The van der Waals surface area contributed by atoms with Crippen molar-refractivity contribution < 1.29 is 27.9 Å². The van der Waals surface area contributed by atoms with Crippen LogP contribution in [0.5, 0.6) is 11.5 Å². The maximum absolute atomic E-state index is 15.2. The molecule has 0 saturated heterocycles. The van der Waals surface area contributed by atoms with Crippen LogP contribution in [0.25, 0.3) is 11.1 Å². The molecule has 5 nitrogen and oxygen atoms in total. The molecule has 1 fully saturated rings. The molecule has 7 heteroatoms. The van der Waals surface area contributed by atoms with Crippen LogP contribution in [-0.4, -0.2) is 35.7 Å². The molecule has 3 aromatic rings. The van der Waals surface area contributed by atoms with E-state index in [2.05, 4.69) is 13.8 Å². The van der Waals surface area contributed by atoms with Crippen molar-refractivity contribution >= 4 is 17.1 Å². The van der Waals surface area contributed by atoms with Crippen molar-refractivity contribution in [2.24, 2.45) is 5.92 Å². The van der Waals surface area contributed by atoms with E-state index >= 15 is 4.39 Å². The third-order valence-electron chi connectivity index (χ3n) is 7.87. The van der Waals surface area contributed by atoms with E-state index in [1.165, 1.54) is 0 Å². The zero-order valence-corrected chi connectivity index (χ0v) is 24.4. The summed E-state index contributed by atoms with van der Waals surface area (Å²) in [7, 11) is 0. The summed E-state index contributed by atoms with van der Waals surface area (Å²) in [5.41, 5.74) is 7.03. The molecule has 0 amide bonds. The average Bonchev–Trinajstić information content (AvgIpc) is 3.61. The summed E-state index contributed by atoms with van der Waals surface area (Å²) in [6, 6.07) is 15.3. The molecule has 3 aromatic carbocycles. The average molecular weight is 565 g/mol. The zero-order chi connectivity index (χ0) is 28.4. The summed E-state index contributed by atoms with van der Waals surface area (Å²) in [5.74, 6) is 1.90. The third-order valence-corrected chi connectivity index (χ3v) is 8.73. The van der Waals surface area contributed by atoms with E-state index in [0.717, 1.165) is 58.4 Å². The normalized spacial score (nSPS) is 20.1. The van der Waals surface area contributed by atoms with Crippen LogP contribution in [-0.2, 0) is 27.1 Å². The number of carbonyl (C=O) groups excluding carboxylic acids is 1. The Morgan fingerprint density at radius 2 is 1.80 bits per heavy atom. The Morgan fingerprint density at radius 3 is 2.48 bits per heavy atom. The minimum Gasteiger partial charge on any atom is -0.617 e. The van der Waals surface area contributed by atoms with Gasteiger partial charge in [-0.15, -0.1) is 0 Å².